The number of imidazole rings is 1. The molecule has 6 nitrogen and oxygen atoms in total. The fourth-order valence-corrected chi connectivity index (χ4v) is 3.49. The van der Waals surface area contributed by atoms with Crippen molar-refractivity contribution in [1.82, 2.24) is 19.1 Å². The molecule has 0 atom stereocenters. The number of rotatable bonds is 6. The summed E-state index contributed by atoms with van der Waals surface area (Å²) in [6.45, 7) is 0.645. The molecular weight excluding hydrogens is 370 g/mol. The molecule has 0 saturated heterocycles. The average Bonchev–Trinajstić information content (AvgIpc) is 3.43. The van der Waals surface area contributed by atoms with Crippen LogP contribution in [0.15, 0.2) is 66.4 Å². The van der Waals surface area contributed by atoms with Crippen LogP contribution in [-0.2, 0) is 13.6 Å². The Balaban J connectivity index is 1.44. The summed E-state index contributed by atoms with van der Waals surface area (Å²) in [5.74, 6) is 0.673. The molecule has 3 aromatic heterocycles. The van der Waals surface area contributed by atoms with Gasteiger partial charge in [0.25, 0.3) is 5.91 Å². The summed E-state index contributed by atoms with van der Waals surface area (Å²) in [7, 11) is 1.93. The van der Waals surface area contributed by atoms with Crippen molar-refractivity contribution in [2.75, 3.05) is 5.32 Å². The Bertz CT molecular complexity index is 1110. The van der Waals surface area contributed by atoms with Gasteiger partial charge in [0.2, 0.25) is 0 Å². The van der Waals surface area contributed by atoms with E-state index in [2.05, 4.69) is 15.3 Å². The van der Waals surface area contributed by atoms with Gasteiger partial charge in [0.1, 0.15) is 11.5 Å². The fourth-order valence-electron chi connectivity index (χ4n) is 2.82. The summed E-state index contributed by atoms with van der Waals surface area (Å²) in [6, 6.07) is 13.7. The Morgan fingerprint density at radius 3 is 2.79 bits per heavy atom. The molecule has 0 saturated carbocycles. The van der Waals surface area contributed by atoms with E-state index in [0.29, 0.717) is 17.4 Å². The van der Waals surface area contributed by atoms with E-state index in [1.54, 1.807) is 6.20 Å². The highest BCUT2D eigenvalue weighted by molar-refractivity contribution is 7.14. The number of nitrogens with one attached hydrogen (secondary N) is 1. The van der Waals surface area contributed by atoms with Crippen LogP contribution in [0.2, 0.25) is 0 Å². The van der Waals surface area contributed by atoms with E-state index in [-0.39, 0.29) is 5.91 Å². The first kappa shape index (κ1) is 17.9. The Kier molecular flexibility index (Phi) is 5.16. The number of benzene rings is 1. The molecule has 7 heteroatoms. The Morgan fingerprint density at radius 2 is 2.00 bits per heavy atom. The smallest absolute Gasteiger partial charge is 0.274 e. The van der Waals surface area contributed by atoms with Gasteiger partial charge < -0.3 is 9.13 Å². The molecule has 28 heavy (non-hydrogen) atoms. The van der Waals surface area contributed by atoms with Gasteiger partial charge in [-0.2, -0.15) is 0 Å². The van der Waals surface area contributed by atoms with Gasteiger partial charge in [-0.15, -0.1) is 11.3 Å². The summed E-state index contributed by atoms with van der Waals surface area (Å²) < 4.78 is 3.85. The maximum absolute atomic E-state index is 12.7. The van der Waals surface area contributed by atoms with Gasteiger partial charge in [0, 0.05) is 37.6 Å². The highest BCUT2D eigenvalue weighted by atomic mass is 32.1. The number of aromatic nitrogens is 4. The lowest BCUT2D eigenvalue weighted by Gasteiger charge is -2.08. The molecule has 140 valence electrons. The van der Waals surface area contributed by atoms with Gasteiger partial charge in [-0.25, -0.2) is 9.97 Å². The van der Waals surface area contributed by atoms with E-state index in [9.17, 15) is 4.79 Å². The van der Waals surface area contributed by atoms with Crippen molar-refractivity contribution in [2.45, 2.75) is 6.54 Å². The topological polar surface area (TPSA) is 64.7 Å². The Morgan fingerprint density at radius 1 is 1.14 bits per heavy atom. The Hall–Kier alpha value is -3.45. The minimum Gasteiger partial charge on any atom is -0.339 e. The van der Waals surface area contributed by atoms with E-state index in [1.165, 1.54) is 11.3 Å². The zero-order chi connectivity index (χ0) is 19.3. The maximum atomic E-state index is 12.7. The third-order valence-corrected chi connectivity index (χ3v) is 5.04. The lowest BCUT2D eigenvalue weighted by molar-refractivity contribution is 0.101. The van der Waals surface area contributed by atoms with Gasteiger partial charge in [0.15, 0.2) is 5.13 Å². The number of carbonyl (C=O) groups is 1. The predicted octanol–water partition coefficient (Wildman–Crippen LogP) is 4.15. The van der Waals surface area contributed by atoms with Gasteiger partial charge in [-0.1, -0.05) is 30.3 Å². The molecular formula is C21H19N5OS. The zero-order valence-electron chi connectivity index (χ0n) is 15.3. The predicted molar refractivity (Wildman–Crippen MR) is 112 cm³/mol. The molecule has 1 aromatic carbocycles. The second-order valence-corrected chi connectivity index (χ2v) is 7.13. The zero-order valence-corrected chi connectivity index (χ0v) is 16.1. The van der Waals surface area contributed by atoms with E-state index in [0.717, 1.165) is 17.1 Å². The third-order valence-electron chi connectivity index (χ3n) is 4.26. The highest BCUT2D eigenvalue weighted by Gasteiger charge is 2.13. The van der Waals surface area contributed by atoms with Crippen molar-refractivity contribution >= 4 is 34.5 Å². The summed E-state index contributed by atoms with van der Waals surface area (Å²) in [5.41, 5.74) is 2.52. The Labute approximate surface area is 166 Å². The van der Waals surface area contributed by atoms with Crippen LogP contribution in [0.5, 0.6) is 0 Å². The first-order valence-corrected chi connectivity index (χ1v) is 9.68. The van der Waals surface area contributed by atoms with E-state index >= 15 is 0 Å². The van der Waals surface area contributed by atoms with Crippen molar-refractivity contribution in [1.29, 1.82) is 0 Å². The van der Waals surface area contributed by atoms with E-state index in [1.807, 2.05) is 88.6 Å². The van der Waals surface area contributed by atoms with Gasteiger partial charge in [0.05, 0.1) is 5.69 Å². The molecule has 0 aliphatic heterocycles. The largest absolute Gasteiger partial charge is 0.339 e. The number of amides is 1. The van der Waals surface area contributed by atoms with Crippen molar-refractivity contribution < 1.29 is 4.79 Å². The number of hydrogen-bond acceptors (Lipinski definition) is 4. The van der Waals surface area contributed by atoms with Gasteiger partial charge in [-0.3, -0.25) is 10.1 Å². The number of hydrogen-bond donors (Lipinski definition) is 1. The molecule has 1 N–H and O–H groups in total. The number of carbonyl (C=O) groups excluding carboxylic acids is 1. The first-order chi connectivity index (χ1) is 13.7. The van der Waals surface area contributed by atoms with E-state index < -0.39 is 0 Å². The lowest BCUT2D eigenvalue weighted by atomic mass is 10.2. The molecule has 3 heterocycles. The summed E-state index contributed by atoms with van der Waals surface area (Å²) in [5, 5.41) is 5.36. The van der Waals surface area contributed by atoms with Crippen LogP contribution in [0.1, 0.15) is 27.6 Å². The number of thiazole rings is 1. The lowest BCUT2D eigenvalue weighted by Crippen LogP contribution is -2.17. The highest BCUT2D eigenvalue weighted by Crippen LogP contribution is 2.19. The van der Waals surface area contributed by atoms with Crippen LogP contribution >= 0.6 is 11.3 Å². The molecule has 1 amide bonds. The standard InChI is InChI=1S/C21H19N5OS/c1-25-13-11-22-19(25)10-9-17-15-28-21(23-17)24-20(27)18-8-5-12-26(18)14-16-6-3-2-4-7-16/h2-13,15H,14H2,1H3,(H,23,24,27)/b10-9+. The molecule has 0 unspecified atom stereocenters. The van der Waals surface area contributed by atoms with Crippen molar-refractivity contribution in [2.24, 2.45) is 7.05 Å². The molecule has 0 bridgehead atoms. The van der Waals surface area contributed by atoms with Crippen LogP contribution in [0, 0.1) is 0 Å². The van der Waals surface area contributed by atoms with Crippen molar-refractivity contribution in [3.63, 3.8) is 0 Å². The van der Waals surface area contributed by atoms with E-state index in [4.69, 9.17) is 0 Å². The third kappa shape index (κ3) is 4.10. The van der Waals surface area contributed by atoms with Crippen LogP contribution in [0.25, 0.3) is 12.2 Å². The molecule has 4 aromatic rings. The van der Waals surface area contributed by atoms with Gasteiger partial charge >= 0.3 is 0 Å². The number of nitrogens with zero attached hydrogens (tertiary/aromatic N) is 4. The molecule has 0 aliphatic carbocycles. The van der Waals surface area contributed by atoms with Crippen molar-refractivity contribution in [3.05, 3.63) is 89.2 Å². The summed E-state index contributed by atoms with van der Waals surface area (Å²) in [6.07, 6.45) is 9.32. The van der Waals surface area contributed by atoms with Crippen LogP contribution in [0.4, 0.5) is 5.13 Å². The molecule has 0 aliphatic rings. The minimum absolute atomic E-state index is 0.171. The quantitative estimate of drug-likeness (QED) is 0.539. The monoisotopic (exact) mass is 389 g/mol. The number of aryl methyl sites for hydroxylation is 1. The average molecular weight is 389 g/mol. The second-order valence-electron chi connectivity index (χ2n) is 6.27. The molecule has 0 spiro atoms. The normalized spacial score (nSPS) is 11.2. The molecule has 0 fully saturated rings. The number of anilines is 1. The fraction of sp³-hybridized carbons (Fsp3) is 0.0952. The van der Waals surface area contributed by atoms with Gasteiger partial charge in [-0.05, 0) is 29.8 Å². The SMILES string of the molecule is Cn1ccnc1/C=C/c1csc(NC(=O)c2cccn2Cc2ccccc2)n1. The second kappa shape index (κ2) is 8.06. The maximum Gasteiger partial charge on any atom is 0.274 e. The summed E-state index contributed by atoms with van der Waals surface area (Å²) in [4.78, 5) is 21.4. The van der Waals surface area contributed by atoms with Crippen LogP contribution in [0.3, 0.4) is 0 Å². The van der Waals surface area contributed by atoms with Crippen LogP contribution in [-0.4, -0.2) is 25.0 Å². The minimum atomic E-state index is -0.171. The van der Waals surface area contributed by atoms with Crippen molar-refractivity contribution in [3.8, 4) is 0 Å². The van der Waals surface area contributed by atoms with Crippen LogP contribution < -0.4 is 5.32 Å². The first-order valence-electron chi connectivity index (χ1n) is 8.80. The summed E-state index contributed by atoms with van der Waals surface area (Å²) >= 11 is 1.40. The molecule has 4 rings (SSSR count). The molecule has 0 radical (unpaired) electrons.